The Bertz CT molecular complexity index is 705. The highest BCUT2D eigenvalue weighted by Crippen LogP contribution is 2.65. The van der Waals surface area contributed by atoms with E-state index in [9.17, 15) is 20.1 Å². The lowest BCUT2D eigenvalue weighted by atomic mass is 9.51. The van der Waals surface area contributed by atoms with Gasteiger partial charge in [0.2, 0.25) is 0 Å². The molecule has 0 aromatic rings. The Morgan fingerprint density at radius 3 is 2.80 bits per heavy atom. The molecular formula is C21H28O4. The summed E-state index contributed by atoms with van der Waals surface area (Å²) in [7, 11) is 0. The van der Waals surface area contributed by atoms with Crippen molar-refractivity contribution in [1.29, 1.82) is 0 Å². The summed E-state index contributed by atoms with van der Waals surface area (Å²) in [5.74, 6) is 0.172. The van der Waals surface area contributed by atoms with Gasteiger partial charge >= 0.3 is 0 Å². The first-order valence-corrected chi connectivity index (χ1v) is 9.42. The molecule has 0 heterocycles. The molecule has 4 rings (SSSR count). The topological polar surface area (TPSA) is 77.8 Å². The van der Waals surface area contributed by atoms with Gasteiger partial charge in [0, 0.05) is 10.8 Å². The molecule has 2 saturated carbocycles. The zero-order valence-electron chi connectivity index (χ0n) is 15.0. The highest BCUT2D eigenvalue weighted by atomic mass is 16.3. The first kappa shape index (κ1) is 17.2. The Labute approximate surface area is 148 Å². The van der Waals surface area contributed by atoms with E-state index in [1.54, 1.807) is 0 Å². The number of ketones is 1. The molecule has 0 amide bonds. The third-order valence-corrected chi connectivity index (χ3v) is 7.81. The Morgan fingerprint density at radius 1 is 1.32 bits per heavy atom. The monoisotopic (exact) mass is 344 g/mol. The molecular weight excluding hydrogens is 316 g/mol. The van der Waals surface area contributed by atoms with Gasteiger partial charge in [-0.25, -0.2) is 0 Å². The predicted octanol–water partition coefficient (Wildman–Crippen LogP) is 2.30. The van der Waals surface area contributed by atoms with Gasteiger partial charge < -0.3 is 15.3 Å². The third kappa shape index (κ3) is 2.08. The van der Waals surface area contributed by atoms with Crippen molar-refractivity contribution in [3.63, 3.8) is 0 Å². The van der Waals surface area contributed by atoms with Crippen LogP contribution >= 0.6 is 0 Å². The van der Waals surface area contributed by atoms with E-state index < -0.39 is 29.5 Å². The minimum Gasteiger partial charge on any atom is -0.388 e. The standard InChI is InChI=1S/C21H28O4/c1-19-8-5-14(23)11-13(19)3-4-15-16(19)6-9-20(2)17(15)7-10-21(20,25)18(24)12-22/h5-6,8,11,14-15,17,22-23,25H,3-4,7,9-10,12H2,1-2H3/t14?,15?,17?,19-,20-,21-/m0/s1. The number of allylic oxidation sites excluding steroid dienone is 4. The van der Waals surface area contributed by atoms with E-state index in [2.05, 4.69) is 19.1 Å². The molecule has 0 bridgehead atoms. The summed E-state index contributed by atoms with van der Waals surface area (Å²) in [5.41, 5.74) is 0.607. The number of hydrogen-bond donors (Lipinski definition) is 3. The minimum absolute atomic E-state index is 0.148. The SMILES string of the molecule is C[C@]12C=CC(O)C=C1CCC1C2=CC[C@@]2(C)C1CC[C@]2(O)C(=O)CO. The summed E-state index contributed by atoms with van der Waals surface area (Å²) in [4.78, 5) is 12.3. The van der Waals surface area contributed by atoms with E-state index >= 15 is 0 Å². The molecule has 136 valence electrons. The van der Waals surface area contributed by atoms with E-state index in [1.807, 2.05) is 19.1 Å². The van der Waals surface area contributed by atoms with Crippen LogP contribution in [0, 0.1) is 22.7 Å². The molecule has 0 spiro atoms. The Morgan fingerprint density at radius 2 is 2.08 bits per heavy atom. The van der Waals surface area contributed by atoms with Crippen molar-refractivity contribution in [3.8, 4) is 0 Å². The maximum atomic E-state index is 12.3. The molecule has 0 aliphatic heterocycles. The molecule has 0 aromatic heterocycles. The molecule has 4 nitrogen and oxygen atoms in total. The highest BCUT2D eigenvalue weighted by Gasteiger charge is 2.63. The molecule has 0 saturated heterocycles. The largest absolute Gasteiger partial charge is 0.388 e. The van der Waals surface area contributed by atoms with Crippen LogP contribution in [-0.4, -0.2) is 39.4 Å². The van der Waals surface area contributed by atoms with Crippen molar-refractivity contribution in [2.45, 2.75) is 57.7 Å². The van der Waals surface area contributed by atoms with Crippen LogP contribution in [0.5, 0.6) is 0 Å². The second-order valence-electron chi connectivity index (χ2n) is 8.76. The molecule has 4 heteroatoms. The van der Waals surface area contributed by atoms with Crippen LogP contribution in [0.2, 0.25) is 0 Å². The molecule has 0 radical (unpaired) electrons. The van der Waals surface area contributed by atoms with Gasteiger partial charge in [0.15, 0.2) is 5.78 Å². The van der Waals surface area contributed by atoms with Gasteiger partial charge in [-0.3, -0.25) is 4.79 Å². The second-order valence-corrected chi connectivity index (χ2v) is 8.76. The van der Waals surface area contributed by atoms with Crippen LogP contribution in [0.15, 0.2) is 35.5 Å². The first-order valence-electron chi connectivity index (χ1n) is 9.42. The number of hydrogen-bond acceptors (Lipinski definition) is 4. The van der Waals surface area contributed by atoms with Crippen molar-refractivity contribution < 1.29 is 20.1 Å². The van der Waals surface area contributed by atoms with E-state index in [1.165, 1.54) is 11.1 Å². The molecule has 0 aromatic carbocycles. The first-order chi connectivity index (χ1) is 11.8. The number of rotatable bonds is 2. The minimum atomic E-state index is -1.41. The normalized spacial score (nSPS) is 48.1. The van der Waals surface area contributed by atoms with Crippen LogP contribution in [-0.2, 0) is 4.79 Å². The van der Waals surface area contributed by atoms with E-state index in [0.29, 0.717) is 18.8 Å². The van der Waals surface area contributed by atoms with Gasteiger partial charge in [0.1, 0.15) is 12.2 Å². The van der Waals surface area contributed by atoms with Crippen LogP contribution < -0.4 is 0 Å². The zero-order chi connectivity index (χ0) is 18.0. The summed E-state index contributed by atoms with van der Waals surface area (Å²) >= 11 is 0. The zero-order valence-corrected chi connectivity index (χ0v) is 15.0. The molecule has 4 aliphatic rings. The van der Waals surface area contributed by atoms with E-state index in [-0.39, 0.29) is 11.3 Å². The van der Waals surface area contributed by atoms with Gasteiger partial charge in [-0.05, 0) is 50.9 Å². The van der Waals surface area contributed by atoms with Crippen molar-refractivity contribution in [3.05, 3.63) is 35.5 Å². The predicted molar refractivity (Wildman–Crippen MR) is 94.6 cm³/mol. The molecule has 4 aliphatic carbocycles. The summed E-state index contributed by atoms with van der Waals surface area (Å²) in [5, 5.41) is 30.4. The van der Waals surface area contributed by atoms with Gasteiger partial charge in [0.05, 0.1) is 6.10 Å². The average Bonchev–Trinajstić information content (AvgIpc) is 2.87. The average molecular weight is 344 g/mol. The fourth-order valence-electron chi connectivity index (χ4n) is 6.24. The van der Waals surface area contributed by atoms with Crippen molar-refractivity contribution >= 4 is 5.78 Å². The fourth-order valence-corrected chi connectivity index (χ4v) is 6.24. The number of carbonyl (C=O) groups is 1. The van der Waals surface area contributed by atoms with Crippen LogP contribution in [0.4, 0.5) is 0 Å². The maximum absolute atomic E-state index is 12.3. The van der Waals surface area contributed by atoms with Crippen LogP contribution in [0.1, 0.15) is 46.0 Å². The van der Waals surface area contributed by atoms with Gasteiger partial charge in [0.25, 0.3) is 0 Å². The quantitative estimate of drug-likeness (QED) is 0.672. The van der Waals surface area contributed by atoms with E-state index in [4.69, 9.17) is 0 Å². The fraction of sp³-hybridized carbons (Fsp3) is 0.667. The van der Waals surface area contributed by atoms with Gasteiger partial charge in [-0.15, -0.1) is 0 Å². The van der Waals surface area contributed by atoms with Gasteiger partial charge in [-0.2, -0.15) is 0 Å². The van der Waals surface area contributed by atoms with Crippen molar-refractivity contribution in [2.75, 3.05) is 6.61 Å². The second kappa shape index (κ2) is 5.38. The lowest BCUT2D eigenvalue weighted by Crippen LogP contribution is -2.55. The molecule has 3 N–H and O–H groups in total. The lowest BCUT2D eigenvalue weighted by Gasteiger charge is -2.53. The van der Waals surface area contributed by atoms with Crippen molar-refractivity contribution in [2.24, 2.45) is 22.7 Å². The van der Waals surface area contributed by atoms with Crippen LogP contribution in [0.25, 0.3) is 0 Å². The summed E-state index contributed by atoms with van der Waals surface area (Å²) in [6, 6.07) is 0. The van der Waals surface area contributed by atoms with E-state index in [0.717, 1.165) is 19.3 Å². The Kier molecular flexibility index (Phi) is 3.70. The smallest absolute Gasteiger partial charge is 0.190 e. The number of fused-ring (bicyclic) bond motifs is 5. The molecule has 25 heavy (non-hydrogen) atoms. The number of Topliss-reactive ketones (excluding diaryl/α,β-unsaturated/α-hetero) is 1. The third-order valence-electron chi connectivity index (χ3n) is 7.81. The molecule has 2 fully saturated rings. The van der Waals surface area contributed by atoms with Crippen molar-refractivity contribution in [1.82, 2.24) is 0 Å². The summed E-state index contributed by atoms with van der Waals surface area (Å²) in [6.07, 6.45) is 11.6. The summed E-state index contributed by atoms with van der Waals surface area (Å²) < 4.78 is 0. The number of carbonyl (C=O) groups excluding carboxylic acids is 1. The van der Waals surface area contributed by atoms with Gasteiger partial charge in [-0.1, -0.05) is 42.4 Å². The van der Waals surface area contributed by atoms with Crippen LogP contribution in [0.3, 0.4) is 0 Å². The molecule has 3 unspecified atom stereocenters. The molecule has 6 atom stereocenters. The highest BCUT2D eigenvalue weighted by molar-refractivity contribution is 5.89. The Hall–Kier alpha value is -1.23. The Balaban J connectivity index is 1.75. The summed E-state index contributed by atoms with van der Waals surface area (Å²) in [6.45, 7) is 3.66. The number of aliphatic hydroxyl groups is 3. The lowest BCUT2D eigenvalue weighted by molar-refractivity contribution is -0.155. The maximum Gasteiger partial charge on any atom is 0.190 e. The number of aliphatic hydroxyl groups excluding tert-OH is 2.